The second-order valence-electron chi connectivity index (χ2n) is 6.95. The second-order valence-corrected chi connectivity index (χ2v) is 6.95. The lowest BCUT2D eigenvalue weighted by atomic mass is 9.97. The Hall–Kier alpha value is -2.08. The van der Waals surface area contributed by atoms with Crippen LogP contribution in [0.4, 0.5) is 0 Å². The first-order chi connectivity index (χ1) is 12.5. The summed E-state index contributed by atoms with van der Waals surface area (Å²) in [7, 11) is 4.91. The number of methoxy groups -OCH3 is 2. The van der Waals surface area contributed by atoms with Gasteiger partial charge >= 0.3 is 5.97 Å². The van der Waals surface area contributed by atoms with Crippen LogP contribution in [0.15, 0.2) is 24.3 Å². The van der Waals surface area contributed by atoms with Gasteiger partial charge in [0, 0.05) is 20.0 Å². The summed E-state index contributed by atoms with van der Waals surface area (Å²) < 4.78 is 9.92. The molecule has 1 unspecified atom stereocenters. The molecule has 0 aromatic heterocycles. The fourth-order valence-electron chi connectivity index (χ4n) is 3.31. The zero-order chi connectivity index (χ0) is 18.9. The standard InChI is InChI=1S/C20H30N2O4/c1-21(14-17-6-8-18(25-2)9-7-17)19(23)15-22-11-4-5-16(10-12-22)13-20(24)26-3/h6-9,16H,4-5,10-15H2,1-3H3. The molecular weight excluding hydrogens is 332 g/mol. The number of likely N-dealkylation sites (N-methyl/N-ethyl adjacent to an activating group) is 1. The number of benzene rings is 1. The van der Waals surface area contributed by atoms with Crippen molar-refractivity contribution in [3.63, 3.8) is 0 Å². The summed E-state index contributed by atoms with van der Waals surface area (Å²) in [6.45, 7) is 2.77. The number of rotatable bonds is 7. The van der Waals surface area contributed by atoms with Crippen molar-refractivity contribution >= 4 is 11.9 Å². The smallest absolute Gasteiger partial charge is 0.305 e. The van der Waals surface area contributed by atoms with E-state index in [-0.39, 0.29) is 11.9 Å². The van der Waals surface area contributed by atoms with Gasteiger partial charge in [-0.05, 0) is 56.0 Å². The van der Waals surface area contributed by atoms with Crippen LogP contribution in [0.2, 0.25) is 0 Å². The topological polar surface area (TPSA) is 59.1 Å². The number of nitrogens with zero attached hydrogens (tertiary/aromatic N) is 2. The maximum atomic E-state index is 12.5. The molecule has 0 N–H and O–H groups in total. The lowest BCUT2D eigenvalue weighted by molar-refractivity contribution is -0.141. The van der Waals surface area contributed by atoms with Gasteiger partial charge in [0.05, 0.1) is 20.8 Å². The number of ether oxygens (including phenoxy) is 2. The van der Waals surface area contributed by atoms with E-state index in [4.69, 9.17) is 9.47 Å². The Morgan fingerprint density at radius 3 is 2.54 bits per heavy atom. The van der Waals surface area contributed by atoms with Gasteiger partial charge in [0.1, 0.15) is 5.75 Å². The third-order valence-electron chi connectivity index (χ3n) is 4.99. The van der Waals surface area contributed by atoms with E-state index in [0.717, 1.165) is 43.7 Å². The summed E-state index contributed by atoms with van der Waals surface area (Å²) in [5.41, 5.74) is 1.08. The maximum absolute atomic E-state index is 12.5. The highest BCUT2D eigenvalue weighted by molar-refractivity contribution is 5.78. The molecule has 1 fully saturated rings. The molecule has 0 saturated carbocycles. The molecule has 0 bridgehead atoms. The van der Waals surface area contributed by atoms with Gasteiger partial charge in [-0.1, -0.05) is 12.1 Å². The number of likely N-dealkylation sites (tertiary alicyclic amines) is 1. The van der Waals surface area contributed by atoms with Gasteiger partial charge in [-0.15, -0.1) is 0 Å². The summed E-state index contributed by atoms with van der Waals surface area (Å²) in [6, 6.07) is 7.77. The monoisotopic (exact) mass is 362 g/mol. The molecule has 1 aliphatic heterocycles. The average molecular weight is 362 g/mol. The van der Waals surface area contributed by atoms with Gasteiger partial charge in [0.25, 0.3) is 0 Å². The van der Waals surface area contributed by atoms with Crippen LogP contribution in [0.25, 0.3) is 0 Å². The van der Waals surface area contributed by atoms with E-state index in [9.17, 15) is 9.59 Å². The molecule has 1 aromatic rings. The van der Waals surface area contributed by atoms with Crippen LogP contribution in [0.3, 0.4) is 0 Å². The molecule has 1 atom stereocenters. The van der Waals surface area contributed by atoms with Crippen molar-refractivity contribution in [1.29, 1.82) is 0 Å². The highest BCUT2D eigenvalue weighted by Gasteiger charge is 2.22. The molecule has 1 heterocycles. The number of hydrogen-bond acceptors (Lipinski definition) is 5. The summed E-state index contributed by atoms with van der Waals surface area (Å²) >= 11 is 0. The highest BCUT2D eigenvalue weighted by Crippen LogP contribution is 2.21. The van der Waals surface area contributed by atoms with Crippen LogP contribution in [0.1, 0.15) is 31.2 Å². The van der Waals surface area contributed by atoms with E-state index in [1.165, 1.54) is 7.11 Å². The van der Waals surface area contributed by atoms with Crippen molar-refractivity contribution in [3.05, 3.63) is 29.8 Å². The summed E-state index contributed by atoms with van der Waals surface area (Å²) in [5.74, 6) is 1.15. The Kier molecular flexibility index (Phi) is 7.91. The van der Waals surface area contributed by atoms with Crippen molar-refractivity contribution in [3.8, 4) is 5.75 Å². The molecule has 6 heteroatoms. The number of esters is 1. The molecule has 144 valence electrons. The lowest BCUT2D eigenvalue weighted by Crippen LogP contribution is -2.38. The molecule has 1 saturated heterocycles. The van der Waals surface area contributed by atoms with Crippen molar-refractivity contribution < 1.29 is 19.1 Å². The van der Waals surface area contributed by atoms with Gasteiger partial charge < -0.3 is 14.4 Å². The Balaban J connectivity index is 1.79. The van der Waals surface area contributed by atoms with Crippen LogP contribution < -0.4 is 4.74 Å². The molecule has 0 radical (unpaired) electrons. The van der Waals surface area contributed by atoms with Gasteiger partial charge in [-0.2, -0.15) is 0 Å². The minimum atomic E-state index is -0.140. The molecule has 1 aliphatic rings. The largest absolute Gasteiger partial charge is 0.497 e. The zero-order valence-electron chi connectivity index (χ0n) is 16.1. The first-order valence-electron chi connectivity index (χ1n) is 9.18. The van der Waals surface area contributed by atoms with E-state index in [0.29, 0.717) is 25.4 Å². The first-order valence-corrected chi connectivity index (χ1v) is 9.18. The predicted octanol–water partition coefficient (Wildman–Crippen LogP) is 2.32. The average Bonchev–Trinajstić information content (AvgIpc) is 2.87. The van der Waals surface area contributed by atoms with Gasteiger partial charge in [-0.25, -0.2) is 0 Å². The number of amides is 1. The van der Waals surface area contributed by atoms with E-state index in [1.807, 2.05) is 31.3 Å². The molecule has 0 spiro atoms. The van der Waals surface area contributed by atoms with E-state index >= 15 is 0 Å². The molecule has 6 nitrogen and oxygen atoms in total. The SMILES string of the molecule is COC(=O)CC1CCCN(CC(=O)N(C)Cc2ccc(OC)cc2)CC1. The van der Waals surface area contributed by atoms with Gasteiger partial charge in [0.15, 0.2) is 0 Å². The van der Waals surface area contributed by atoms with Crippen molar-refractivity contribution in [2.75, 3.05) is 40.9 Å². The van der Waals surface area contributed by atoms with Crippen LogP contribution >= 0.6 is 0 Å². The molecule has 26 heavy (non-hydrogen) atoms. The number of hydrogen-bond donors (Lipinski definition) is 0. The molecular formula is C20H30N2O4. The van der Waals surface area contributed by atoms with E-state index in [1.54, 1.807) is 12.0 Å². The minimum Gasteiger partial charge on any atom is -0.497 e. The van der Waals surface area contributed by atoms with E-state index in [2.05, 4.69) is 4.90 Å². The molecule has 2 rings (SSSR count). The molecule has 0 aliphatic carbocycles. The van der Waals surface area contributed by atoms with Crippen LogP contribution in [-0.4, -0.2) is 62.6 Å². The van der Waals surface area contributed by atoms with Crippen molar-refractivity contribution in [2.45, 2.75) is 32.2 Å². The van der Waals surface area contributed by atoms with Crippen molar-refractivity contribution in [1.82, 2.24) is 9.80 Å². The summed E-state index contributed by atoms with van der Waals surface area (Å²) in [4.78, 5) is 28.0. The van der Waals surface area contributed by atoms with Gasteiger partial charge in [0.2, 0.25) is 5.91 Å². The Labute approximate surface area is 156 Å². The van der Waals surface area contributed by atoms with Crippen LogP contribution in [-0.2, 0) is 20.9 Å². The van der Waals surface area contributed by atoms with E-state index < -0.39 is 0 Å². The fraction of sp³-hybridized carbons (Fsp3) is 0.600. The third kappa shape index (κ3) is 6.33. The molecule has 1 amide bonds. The lowest BCUT2D eigenvalue weighted by Gasteiger charge is -2.24. The highest BCUT2D eigenvalue weighted by atomic mass is 16.5. The van der Waals surface area contributed by atoms with Gasteiger partial charge in [-0.3, -0.25) is 14.5 Å². The quantitative estimate of drug-likeness (QED) is 0.697. The van der Waals surface area contributed by atoms with Crippen LogP contribution in [0, 0.1) is 5.92 Å². The Bertz CT molecular complexity index is 588. The predicted molar refractivity (Wildman–Crippen MR) is 99.9 cm³/mol. The van der Waals surface area contributed by atoms with Crippen LogP contribution in [0.5, 0.6) is 5.75 Å². The summed E-state index contributed by atoms with van der Waals surface area (Å²) in [6.07, 6.45) is 3.44. The number of carbonyl (C=O) groups excluding carboxylic acids is 2. The van der Waals surface area contributed by atoms with Crippen molar-refractivity contribution in [2.24, 2.45) is 5.92 Å². The maximum Gasteiger partial charge on any atom is 0.305 e. The minimum absolute atomic E-state index is 0.118. The normalized spacial score (nSPS) is 18.0. The Morgan fingerprint density at radius 2 is 1.88 bits per heavy atom. The second kappa shape index (κ2) is 10.2. The number of carbonyl (C=O) groups is 2. The first kappa shape index (κ1) is 20.2. The zero-order valence-corrected chi connectivity index (χ0v) is 16.1. The fourth-order valence-corrected chi connectivity index (χ4v) is 3.31. The third-order valence-corrected chi connectivity index (χ3v) is 4.99. The Morgan fingerprint density at radius 1 is 1.15 bits per heavy atom. The molecule has 1 aromatic carbocycles. The summed E-state index contributed by atoms with van der Waals surface area (Å²) in [5, 5.41) is 0.